The standard InChI is InChI=1S/C15H21N3O2/c1-11-13(15(20-3)18(2)17-11)9-16-14(10-19)12-7-5-4-6-8-12/h4-8,14,16,19H,9-10H2,1-3H3/t14-/m0/s1. The van der Waals surface area contributed by atoms with E-state index < -0.39 is 0 Å². The van der Waals surface area contributed by atoms with Crippen molar-refractivity contribution < 1.29 is 9.84 Å². The van der Waals surface area contributed by atoms with Crippen LogP contribution in [0.25, 0.3) is 0 Å². The number of aromatic nitrogens is 2. The van der Waals surface area contributed by atoms with Gasteiger partial charge in [0.2, 0.25) is 5.88 Å². The Labute approximate surface area is 119 Å². The SMILES string of the molecule is COc1c(CN[C@@H](CO)c2ccccc2)c(C)nn1C. The number of methoxy groups -OCH3 is 1. The Morgan fingerprint density at radius 2 is 2.05 bits per heavy atom. The first kappa shape index (κ1) is 14.6. The van der Waals surface area contributed by atoms with Gasteiger partial charge in [0.05, 0.1) is 31.0 Å². The lowest BCUT2D eigenvalue weighted by atomic mass is 10.1. The molecule has 2 rings (SSSR count). The molecular formula is C15H21N3O2. The largest absolute Gasteiger partial charge is 0.481 e. The Bertz CT molecular complexity index is 552. The first-order valence-corrected chi connectivity index (χ1v) is 6.63. The normalized spacial score (nSPS) is 12.4. The van der Waals surface area contributed by atoms with E-state index in [-0.39, 0.29) is 12.6 Å². The molecule has 0 bridgehead atoms. The summed E-state index contributed by atoms with van der Waals surface area (Å²) in [5.74, 6) is 0.750. The molecule has 1 aromatic heterocycles. The number of aliphatic hydroxyl groups excluding tert-OH is 1. The zero-order chi connectivity index (χ0) is 14.5. The molecule has 0 spiro atoms. The Kier molecular flexibility index (Phi) is 4.76. The Morgan fingerprint density at radius 3 is 2.65 bits per heavy atom. The zero-order valence-corrected chi connectivity index (χ0v) is 12.1. The van der Waals surface area contributed by atoms with E-state index in [1.54, 1.807) is 11.8 Å². The van der Waals surface area contributed by atoms with Gasteiger partial charge in [-0.3, -0.25) is 0 Å². The molecule has 0 aliphatic heterocycles. The lowest BCUT2D eigenvalue weighted by Gasteiger charge is -2.17. The second kappa shape index (κ2) is 6.54. The summed E-state index contributed by atoms with van der Waals surface area (Å²) in [5.41, 5.74) is 3.02. The van der Waals surface area contributed by atoms with Gasteiger partial charge in [-0.1, -0.05) is 30.3 Å². The van der Waals surface area contributed by atoms with Gasteiger partial charge < -0.3 is 15.2 Å². The number of ether oxygens (including phenoxy) is 1. The van der Waals surface area contributed by atoms with Crippen molar-refractivity contribution in [2.24, 2.45) is 7.05 Å². The van der Waals surface area contributed by atoms with Gasteiger partial charge in [0.1, 0.15) is 0 Å². The lowest BCUT2D eigenvalue weighted by molar-refractivity contribution is 0.243. The van der Waals surface area contributed by atoms with E-state index in [9.17, 15) is 5.11 Å². The Morgan fingerprint density at radius 1 is 1.35 bits per heavy atom. The second-order valence-electron chi connectivity index (χ2n) is 4.72. The van der Waals surface area contributed by atoms with Gasteiger partial charge in [-0.2, -0.15) is 5.10 Å². The van der Waals surface area contributed by atoms with E-state index in [1.807, 2.05) is 44.3 Å². The van der Waals surface area contributed by atoms with Crippen molar-refractivity contribution in [1.82, 2.24) is 15.1 Å². The number of nitrogens with one attached hydrogen (secondary N) is 1. The summed E-state index contributed by atoms with van der Waals surface area (Å²) in [7, 11) is 3.50. The van der Waals surface area contributed by atoms with Crippen LogP contribution in [0.2, 0.25) is 0 Å². The van der Waals surface area contributed by atoms with Crippen molar-refractivity contribution >= 4 is 0 Å². The molecule has 5 heteroatoms. The summed E-state index contributed by atoms with van der Waals surface area (Å²) in [6, 6.07) is 9.81. The van der Waals surface area contributed by atoms with Crippen LogP contribution in [0.4, 0.5) is 0 Å². The van der Waals surface area contributed by atoms with Crippen molar-refractivity contribution in [3.8, 4) is 5.88 Å². The number of aryl methyl sites for hydroxylation is 2. The number of hydrogen-bond acceptors (Lipinski definition) is 4. The van der Waals surface area contributed by atoms with E-state index in [0.29, 0.717) is 6.54 Å². The number of aliphatic hydroxyl groups is 1. The molecule has 0 fully saturated rings. The average molecular weight is 275 g/mol. The fourth-order valence-corrected chi connectivity index (χ4v) is 2.34. The van der Waals surface area contributed by atoms with E-state index in [1.165, 1.54) is 0 Å². The van der Waals surface area contributed by atoms with Crippen LogP contribution in [0.1, 0.15) is 22.9 Å². The van der Waals surface area contributed by atoms with Crippen LogP contribution in [-0.4, -0.2) is 28.6 Å². The smallest absolute Gasteiger partial charge is 0.216 e. The average Bonchev–Trinajstić information content (AvgIpc) is 2.74. The summed E-state index contributed by atoms with van der Waals surface area (Å²) < 4.78 is 7.09. The van der Waals surface area contributed by atoms with Crippen molar-refractivity contribution in [3.63, 3.8) is 0 Å². The Balaban J connectivity index is 2.11. The van der Waals surface area contributed by atoms with E-state index >= 15 is 0 Å². The van der Waals surface area contributed by atoms with Crippen LogP contribution >= 0.6 is 0 Å². The summed E-state index contributed by atoms with van der Waals surface area (Å²) >= 11 is 0. The van der Waals surface area contributed by atoms with Gasteiger partial charge >= 0.3 is 0 Å². The van der Waals surface area contributed by atoms with Crippen LogP contribution in [-0.2, 0) is 13.6 Å². The van der Waals surface area contributed by atoms with Crippen LogP contribution in [0, 0.1) is 6.92 Å². The third-order valence-corrected chi connectivity index (χ3v) is 3.39. The highest BCUT2D eigenvalue weighted by molar-refractivity contribution is 5.31. The van der Waals surface area contributed by atoms with Gasteiger partial charge in [-0.05, 0) is 12.5 Å². The molecule has 1 heterocycles. The van der Waals surface area contributed by atoms with Crippen LogP contribution < -0.4 is 10.1 Å². The number of benzene rings is 1. The van der Waals surface area contributed by atoms with Gasteiger partial charge in [-0.15, -0.1) is 0 Å². The highest BCUT2D eigenvalue weighted by Gasteiger charge is 2.16. The molecular weight excluding hydrogens is 254 g/mol. The summed E-state index contributed by atoms with van der Waals surface area (Å²) in [6.07, 6.45) is 0. The molecule has 1 atom stereocenters. The number of rotatable bonds is 6. The maximum Gasteiger partial charge on any atom is 0.216 e. The molecule has 0 aliphatic rings. The van der Waals surface area contributed by atoms with Crippen LogP contribution in [0.15, 0.2) is 30.3 Å². The molecule has 0 saturated carbocycles. The number of nitrogens with zero attached hydrogens (tertiary/aromatic N) is 2. The van der Waals surface area contributed by atoms with Crippen molar-refractivity contribution in [3.05, 3.63) is 47.2 Å². The molecule has 1 aromatic carbocycles. The number of hydrogen-bond donors (Lipinski definition) is 2. The van der Waals surface area contributed by atoms with Crippen molar-refractivity contribution in [2.75, 3.05) is 13.7 Å². The topological polar surface area (TPSA) is 59.3 Å². The lowest BCUT2D eigenvalue weighted by Crippen LogP contribution is -2.24. The minimum absolute atomic E-state index is 0.0473. The molecule has 2 aromatic rings. The zero-order valence-electron chi connectivity index (χ0n) is 12.1. The molecule has 0 saturated heterocycles. The second-order valence-corrected chi connectivity index (χ2v) is 4.72. The van der Waals surface area contributed by atoms with E-state index in [4.69, 9.17) is 4.74 Å². The van der Waals surface area contributed by atoms with Crippen molar-refractivity contribution in [2.45, 2.75) is 19.5 Å². The molecule has 0 unspecified atom stereocenters. The molecule has 2 N–H and O–H groups in total. The van der Waals surface area contributed by atoms with E-state index in [2.05, 4.69) is 10.4 Å². The minimum Gasteiger partial charge on any atom is -0.481 e. The van der Waals surface area contributed by atoms with Gasteiger partial charge in [-0.25, -0.2) is 4.68 Å². The molecule has 20 heavy (non-hydrogen) atoms. The first-order chi connectivity index (χ1) is 9.67. The molecule has 0 aliphatic carbocycles. The predicted octanol–water partition coefficient (Wildman–Crippen LogP) is 1.56. The molecule has 0 radical (unpaired) electrons. The summed E-state index contributed by atoms with van der Waals surface area (Å²) in [5, 5.41) is 17.2. The first-order valence-electron chi connectivity index (χ1n) is 6.63. The van der Waals surface area contributed by atoms with Crippen LogP contribution in [0.3, 0.4) is 0 Å². The van der Waals surface area contributed by atoms with Gasteiger partial charge in [0.25, 0.3) is 0 Å². The maximum absolute atomic E-state index is 9.54. The molecule has 5 nitrogen and oxygen atoms in total. The molecule has 0 amide bonds. The van der Waals surface area contributed by atoms with Gasteiger partial charge in [0, 0.05) is 13.6 Å². The minimum atomic E-state index is -0.0967. The van der Waals surface area contributed by atoms with Gasteiger partial charge in [0.15, 0.2) is 0 Å². The Hall–Kier alpha value is -1.85. The highest BCUT2D eigenvalue weighted by Crippen LogP contribution is 2.22. The van der Waals surface area contributed by atoms with Crippen molar-refractivity contribution in [1.29, 1.82) is 0 Å². The third kappa shape index (κ3) is 3.00. The maximum atomic E-state index is 9.54. The van der Waals surface area contributed by atoms with Crippen LogP contribution in [0.5, 0.6) is 5.88 Å². The summed E-state index contributed by atoms with van der Waals surface area (Å²) in [4.78, 5) is 0. The quantitative estimate of drug-likeness (QED) is 0.840. The predicted molar refractivity (Wildman–Crippen MR) is 77.6 cm³/mol. The molecule has 108 valence electrons. The fraction of sp³-hybridized carbons (Fsp3) is 0.400. The summed E-state index contributed by atoms with van der Waals surface area (Å²) in [6.45, 7) is 2.60. The van der Waals surface area contributed by atoms with E-state index in [0.717, 1.165) is 22.7 Å². The fourth-order valence-electron chi connectivity index (χ4n) is 2.34. The highest BCUT2D eigenvalue weighted by atomic mass is 16.5. The third-order valence-electron chi connectivity index (χ3n) is 3.39. The monoisotopic (exact) mass is 275 g/mol.